The van der Waals surface area contributed by atoms with Crippen molar-refractivity contribution >= 4 is 30.1 Å². The van der Waals surface area contributed by atoms with Crippen molar-refractivity contribution < 1.29 is 19.5 Å². The lowest BCUT2D eigenvalue weighted by Gasteiger charge is -2.06. The maximum absolute atomic E-state index is 11.0. The average Bonchev–Trinajstić information content (AvgIpc) is 2.15. The molecule has 7 heteroatoms. The summed E-state index contributed by atoms with van der Waals surface area (Å²) in [5, 5.41) is 11.1. The van der Waals surface area contributed by atoms with Crippen molar-refractivity contribution in [3.05, 3.63) is 0 Å². The quantitative estimate of drug-likeness (QED) is 0.426. The fourth-order valence-electron chi connectivity index (χ4n) is 1.13. The Labute approximate surface area is 106 Å². The van der Waals surface area contributed by atoms with Gasteiger partial charge in [0.15, 0.2) is 0 Å². The molecule has 0 rings (SSSR count). The first-order valence-corrected chi connectivity index (χ1v) is 5.18. The molecule has 0 radical (unpaired) electrons. The monoisotopic (exact) mass is 266 g/mol. The minimum absolute atomic E-state index is 0. The molecular weight excluding hydrogens is 248 g/mol. The van der Waals surface area contributed by atoms with Crippen LogP contribution in [0, 0.1) is 0 Å². The number of aliphatic carboxylic acids is 1. The molecule has 0 aliphatic rings. The van der Waals surface area contributed by atoms with E-state index in [1.807, 2.05) is 0 Å². The first-order chi connectivity index (χ1) is 7.43. The van der Waals surface area contributed by atoms with Gasteiger partial charge in [-0.3, -0.25) is 14.4 Å². The molecule has 6 nitrogen and oxygen atoms in total. The van der Waals surface area contributed by atoms with Crippen LogP contribution in [0.5, 0.6) is 0 Å². The third-order valence-corrected chi connectivity index (χ3v) is 1.99. The topological polar surface area (TPSA) is 109 Å². The van der Waals surface area contributed by atoms with Gasteiger partial charge in [-0.2, -0.15) is 0 Å². The van der Waals surface area contributed by atoms with Crippen LogP contribution in [0.3, 0.4) is 0 Å². The number of carboxylic acid groups (broad SMARTS) is 1. The van der Waals surface area contributed by atoms with Gasteiger partial charge in [-0.25, -0.2) is 0 Å². The summed E-state index contributed by atoms with van der Waals surface area (Å²) in [5.74, 6) is -1.49. The highest BCUT2D eigenvalue weighted by Crippen LogP contribution is 1.98. The minimum Gasteiger partial charge on any atom is -0.480 e. The number of carbonyl (C=O) groups excluding carboxylic acids is 2. The van der Waals surface area contributed by atoms with Gasteiger partial charge in [0.2, 0.25) is 5.91 Å². The molecule has 1 amide bonds. The van der Waals surface area contributed by atoms with E-state index < -0.39 is 12.0 Å². The van der Waals surface area contributed by atoms with E-state index in [1.54, 1.807) is 0 Å². The summed E-state index contributed by atoms with van der Waals surface area (Å²) in [6.07, 6.45) is 1.57. The number of Topliss-reactive ketones (excluding diaryl/α,β-unsaturated/α-hetero) is 1. The van der Waals surface area contributed by atoms with Gasteiger partial charge in [-0.15, -0.1) is 12.4 Å². The molecule has 0 spiro atoms. The highest BCUT2D eigenvalue weighted by molar-refractivity contribution is 5.96. The van der Waals surface area contributed by atoms with Crippen LogP contribution < -0.4 is 11.1 Å². The van der Waals surface area contributed by atoms with Crippen molar-refractivity contribution in [2.24, 2.45) is 5.73 Å². The Morgan fingerprint density at radius 2 is 1.88 bits per heavy atom. The van der Waals surface area contributed by atoms with Gasteiger partial charge >= 0.3 is 5.97 Å². The van der Waals surface area contributed by atoms with Crippen LogP contribution in [0.2, 0.25) is 0 Å². The molecule has 0 aromatic carbocycles. The molecule has 17 heavy (non-hydrogen) atoms. The van der Waals surface area contributed by atoms with Gasteiger partial charge in [0.25, 0.3) is 0 Å². The normalized spacial score (nSPS) is 11.2. The van der Waals surface area contributed by atoms with E-state index in [0.29, 0.717) is 25.8 Å². The molecule has 0 aliphatic carbocycles. The van der Waals surface area contributed by atoms with Gasteiger partial charge < -0.3 is 16.2 Å². The number of hydrogen-bond donors (Lipinski definition) is 3. The largest absolute Gasteiger partial charge is 0.480 e. The summed E-state index contributed by atoms with van der Waals surface area (Å²) in [6.45, 7) is 1.80. The molecule has 0 heterocycles. The SMILES string of the molecule is CC(=O)CC(=O)NCCCCC(N)C(=O)O.Cl. The third-order valence-electron chi connectivity index (χ3n) is 1.99. The number of amides is 1. The second kappa shape index (κ2) is 10.0. The predicted octanol–water partition coefficient (Wildman–Crippen LogP) is 0.0857. The first kappa shape index (κ1) is 18.2. The van der Waals surface area contributed by atoms with Gasteiger partial charge in [0.1, 0.15) is 11.8 Å². The van der Waals surface area contributed by atoms with E-state index in [1.165, 1.54) is 6.92 Å². The minimum atomic E-state index is -1.01. The van der Waals surface area contributed by atoms with Crippen LogP contribution in [0.25, 0.3) is 0 Å². The predicted molar refractivity (Wildman–Crippen MR) is 65.0 cm³/mol. The molecule has 0 aliphatic heterocycles. The molecule has 1 atom stereocenters. The standard InChI is InChI=1S/C10H18N2O4.ClH/c1-7(13)6-9(14)12-5-3-2-4-8(11)10(15)16;/h8H,2-6,11H2,1H3,(H,12,14)(H,15,16);1H. The Bertz CT molecular complexity index is 271. The summed E-state index contributed by atoms with van der Waals surface area (Å²) < 4.78 is 0. The molecular formula is C10H19ClN2O4. The molecule has 0 saturated heterocycles. The maximum atomic E-state index is 11.0. The summed E-state index contributed by atoms with van der Waals surface area (Å²) >= 11 is 0. The maximum Gasteiger partial charge on any atom is 0.320 e. The number of carboxylic acids is 1. The second-order valence-corrected chi connectivity index (χ2v) is 3.67. The lowest BCUT2D eigenvalue weighted by atomic mass is 10.1. The summed E-state index contributed by atoms with van der Waals surface area (Å²) in [7, 11) is 0. The number of nitrogens with one attached hydrogen (secondary N) is 1. The van der Waals surface area contributed by atoms with E-state index in [0.717, 1.165) is 0 Å². The summed E-state index contributed by atoms with van der Waals surface area (Å²) in [4.78, 5) is 31.9. The van der Waals surface area contributed by atoms with Crippen molar-refractivity contribution in [3.63, 3.8) is 0 Å². The zero-order chi connectivity index (χ0) is 12.6. The fourth-order valence-corrected chi connectivity index (χ4v) is 1.13. The van der Waals surface area contributed by atoms with Gasteiger partial charge in [-0.05, 0) is 26.2 Å². The van der Waals surface area contributed by atoms with E-state index in [2.05, 4.69) is 5.32 Å². The second-order valence-electron chi connectivity index (χ2n) is 3.67. The number of ketones is 1. The Morgan fingerprint density at radius 1 is 1.29 bits per heavy atom. The number of rotatable bonds is 8. The lowest BCUT2D eigenvalue weighted by molar-refractivity contribution is -0.138. The zero-order valence-electron chi connectivity index (χ0n) is 9.77. The van der Waals surface area contributed by atoms with Crippen LogP contribution in [-0.2, 0) is 14.4 Å². The summed E-state index contributed by atoms with van der Waals surface area (Å²) in [5.41, 5.74) is 5.29. The van der Waals surface area contributed by atoms with Crippen LogP contribution in [0.4, 0.5) is 0 Å². The Hall–Kier alpha value is -1.14. The van der Waals surface area contributed by atoms with E-state index in [9.17, 15) is 14.4 Å². The average molecular weight is 267 g/mol. The van der Waals surface area contributed by atoms with Gasteiger partial charge in [-0.1, -0.05) is 0 Å². The highest BCUT2D eigenvalue weighted by Gasteiger charge is 2.10. The smallest absolute Gasteiger partial charge is 0.320 e. The molecule has 0 bridgehead atoms. The van der Waals surface area contributed by atoms with Gasteiger partial charge in [0, 0.05) is 6.54 Å². The Morgan fingerprint density at radius 3 is 2.35 bits per heavy atom. The molecule has 100 valence electrons. The molecule has 4 N–H and O–H groups in total. The number of nitrogens with two attached hydrogens (primary N) is 1. The van der Waals surface area contributed by atoms with Crippen molar-refractivity contribution in [2.45, 2.75) is 38.6 Å². The van der Waals surface area contributed by atoms with Crippen molar-refractivity contribution in [2.75, 3.05) is 6.54 Å². The van der Waals surface area contributed by atoms with Gasteiger partial charge in [0.05, 0.1) is 6.42 Å². The summed E-state index contributed by atoms with van der Waals surface area (Å²) in [6, 6.07) is -0.840. The number of carbonyl (C=O) groups is 3. The molecule has 0 fully saturated rings. The lowest BCUT2D eigenvalue weighted by Crippen LogP contribution is -2.30. The Kier molecular flexibility index (Phi) is 10.8. The van der Waals surface area contributed by atoms with E-state index in [-0.39, 0.29) is 30.5 Å². The Balaban J connectivity index is 0. The first-order valence-electron chi connectivity index (χ1n) is 5.18. The van der Waals surface area contributed by atoms with E-state index in [4.69, 9.17) is 10.8 Å². The molecule has 0 aromatic rings. The van der Waals surface area contributed by atoms with Crippen LogP contribution in [0.15, 0.2) is 0 Å². The van der Waals surface area contributed by atoms with Crippen molar-refractivity contribution in [1.29, 1.82) is 0 Å². The van der Waals surface area contributed by atoms with Crippen LogP contribution >= 0.6 is 12.4 Å². The van der Waals surface area contributed by atoms with Crippen molar-refractivity contribution in [3.8, 4) is 0 Å². The zero-order valence-corrected chi connectivity index (χ0v) is 10.6. The molecule has 0 saturated carbocycles. The highest BCUT2D eigenvalue weighted by atomic mass is 35.5. The molecule has 0 aromatic heterocycles. The third kappa shape index (κ3) is 11.1. The number of unbranched alkanes of at least 4 members (excludes halogenated alkanes) is 1. The molecule has 1 unspecified atom stereocenters. The van der Waals surface area contributed by atoms with Crippen LogP contribution in [0.1, 0.15) is 32.6 Å². The van der Waals surface area contributed by atoms with Crippen LogP contribution in [-0.4, -0.2) is 35.4 Å². The van der Waals surface area contributed by atoms with Crippen molar-refractivity contribution in [1.82, 2.24) is 5.32 Å². The number of hydrogen-bond acceptors (Lipinski definition) is 4. The van der Waals surface area contributed by atoms with E-state index >= 15 is 0 Å². The fraction of sp³-hybridized carbons (Fsp3) is 0.700. The number of halogens is 1.